The van der Waals surface area contributed by atoms with Crippen LogP contribution in [-0.4, -0.2) is 17.4 Å². The number of carbonyl (C=O) groups is 1. The van der Waals surface area contributed by atoms with Crippen LogP contribution < -0.4 is 11.1 Å². The van der Waals surface area contributed by atoms with Gasteiger partial charge in [-0.15, -0.1) is 23.7 Å². The van der Waals surface area contributed by atoms with Crippen LogP contribution in [0.2, 0.25) is 10.0 Å². The number of rotatable bonds is 5. The van der Waals surface area contributed by atoms with Crippen molar-refractivity contribution in [3.8, 4) is 0 Å². The summed E-state index contributed by atoms with van der Waals surface area (Å²) in [7, 11) is 0. The Bertz CT molecular complexity index is 648. The Balaban J connectivity index is 0.00000242. The number of aromatic nitrogens is 1. The number of nitrogens with two attached hydrogens (primary N) is 1. The maximum absolute atomic E-state index is 11.7. The summed E-state index contributed by atoms with van der Waals surface area (Å²) in [6.07, 6.45) is 2.35. The first-order valence-corrected chi connectivity index (χ1v) is 7.97. The van der Waals surface area contributed by atoms with Crippen LogP contribution in [0.25, 0.3) is 0 Å². The van der Waals surface area contributed by atoms with E-state index in [9.17, 15) is 4.79 Å². The quantitative estimate of drug-likeness (QED) is 0.824. The van der Waals surface area contributed by atoms with E-state index in [0.29, 0.717) is 28.1 Å². The topological polar surface area (TPSA) is 68.0 Å². The van der Waals surface area contributed by atoms with Gasteiger partial charge in [0, 0.05) is 30.0 Å². The van der Waals surface area contributed by atoms with E-state index in [2.05, 4.69) is 10.3 Å². The lowest BCUT2D eigenvalue weighted by molar-refractivity contribution is -0.119. The van der Waals surface area contributed by atoms with Crippen LogP contribution in [0.4, 0.5) is 5.13 Å². The molecule has 8 heteroatoms. The molecule has 1 unspecified atom stereocenters. The lowest BCUT2D eigenvalue weighted by atomic mass is 10.1. The summed E-state index contributed by atoms with van der Waals surface area (Å²) in [5.74, 6) is -0.362. The summed E-state index contributed by atoms with van der Waals surface area (Å²) in [6, 6.07) is 5.53. The Morgan fingerprint density at radius 3 is 2.86 bits per heavy atom. The maximum Gasteiger partial charge on any atom is 0.230 e. The molecule has 1 aromatic carbocycles. The van der Waals surface area contributed by atoms with Crippen molar-refractivity contribution in [2.75, 3.05) is 11.9 Å². The van der Waals surface area contributed by atoms with Crippen LogP contribution >= 0.6 is 46.9 Å². The first-order chi connectivity index (χ1) is 10.0. The SMILES string of the molecule is CC(CN)C(=O)Nc1ncc(Cc2cccc(Cl)c2Cl)s1.Cl. The molecule has 1 heterocycles. The normalized spacial score (nSPS) is 11.6. The highest BCUT2D eigenvalue weighted by Gasteiger charge is 2.13. The minimum Gasteiger partial charge on any atom is -0.330 e. The molecular formula is C14H16Cl3N3OS. The minimum absolute atomic E-state index is 0. The molecule has 0 saturated heterocycles. The van der Waals surface area contributed by atoms with E-state index in [-0.39, 0.29) is 24.2 Å². The second kappa shape index (κ2) is 8.70. The van der Waals surface area contributed by atoms with Gasteiger partial charge in [0.1, 0.15) is 0 Å². The molecule has 0 fully saturated rings. The molecular weight excluding hydrogens is 365 g/mol. The summed E-state index contributed by atoms with van der Waals surface area (Å²) in [5, 5.41) is 4.40. The summed E-state index contributed by atoms with van der Waals surface area (Å²) >= 11 is 13.6. The molecule has 22 heavy (non-hydrogen) atoms. The average Bonchev–Trinajstić information content (AvgIpc) is 2.90. The van der Waals surface area contributed by atoms with Gasteiger partial charge in [-0.2, -0.15) is 0 Å². The van der Waals surface area contributed by atoms with Gasteiger partial charge in [-0.05, 0) is 11.6 Å². The molecule has 0 spiro atoms. The zero-order valence-electron chi connectivity index (χ0n) is 11.8. The van der Waals surface area contributed by atoms with Crippen LogP contribution in [0.1, 0.15) is 17.4 Å². The summed E-state index contributed by atoms with van der Waals surface area (Å²) in [6.45, 7) is 2.08. The summed E-state index contributed by atoms with van der Waals surface area (Å²) in [5.41, 5.74) is 6.39. The first kappa shape index (κ1) is 19.2. The van der Waals surface area contributed by atoms with E-state index in [0.717, 1.165) is 10.4 Å². The molecule has 0 saturated carbocycles. The van der Waals surface area contributed by atoms with Crippen LogP contribution in [0.15, 0.2) is 24.4 Å². The first-order valence-electron chi connectivity index (χ1n) is 6.39. The van der Waals surface area contributed by atoms with Crippen molar-refractivity contribution >= 4 is 58.0 Å². The molecule has 0 radical (unpaired) electrons. The summed E-state index contributed by atoms with van der Waals surface area (Å²) < 4.78 is 0. The summed E-state index contributed by atoms with van der Waals surface area (Å²) in [4.78, 5) is 16.9. The highest BCUT2D eigenvalue weighted by atomic mass is 35.5. The number of benzene rings is 1. The molecule has 2 rings (SSSR count). The number of nitrogens with zero attached hydrogens (tertiary/aromatic N) is 1. The molecule has 4 nitrogen and oxygen atoms in total. The van der Waals surface area contributed by atoms with Gasteiger partial charge in [0.2, 0.25) is 5.91 Å². The standard InChI is InChI=1S/C14H15Cl2N3OS.ClH/c1-8(6-17)13(20)19-14-18-7-10(21-14)5-9-3-2-4-11(15)12(9)16;/h2-4,7-8H,5-6,17H2,1H3,(H,18,19,20);1H. The zero-order valence-corrected chi connectivity index (χ0v) is 15.0. The third-order valence-electron chi connectivity index (χ3n) is 2.98. The highest BCUT2D eigenvalue weighted by molar-refractivity contribution is 7.15. The van der Waals surface area contributed by atoms with Gasteiger partial charge in [-0.3, -0.25) is 4.79 Å². The van der Waals surface area contributed by atoms with Crippen molar-refractivity contribution in [3.63, 3.8) is 0 Å². The Morgan fingerprint density at radius 2 is 2.18 bits per heavy atom. The third-order valence-corrected chi connectivity index (χ3v) is 4.75. The van der Waals surface area contributed by atoms with Gasteiger partial charge in [0.15, 0.2) is 5.13 Å². The number of hydrogen-bond donors (Lipinski definition) is 2. The molecule has 0 aliphatic heterocycles. The van der Waals surface area contributed by atoms with Crippen molar-refractivity contribution in [2.45, 2.75) is 13.3 Å². The lowest BCUT2D eigenvalue weighted by Gasteiger charge is -2.06. The second-order valence-electron chi connectivity index (χ2n) is 4.65. The molecule has 0 aliphatic rings. The number of halogens is 3. The van der Waals surface area contributed by atoms with Crippen LogP contribution in [0.3, 0.4) is 0 Å². The molecule has 1 aromatic heterocycles. The van der Waals surface area contributed by atoms with Gasteiger partial charge in [0.25, 0.3) is 0 Å². The molecule has 3 N–H and O–H groups in total. The van der Waals surface area contributed by atoms with Crippen molar-refractivity contribution in [2.24, 2.45) is 11.7 Å². The fourth-order valence-corrected chi connectivity index (χ4v) is 2.88. The predicted octanol–water partition coefficient (Wildman–Crippen LogP) is 4.00. The number of amides is 1. The molecule has 120 valence electrons. The highest BCUT2D eigenvalue weighted by Crippen LogP contribution is 2.29. The van der Waals surface area contributed by atoms with E-state index >= 15 is 0 Å². The Kier molecular flexibility index (Phi) is 7.59. The van der Waals surface area contributed by atoms with Gasteiger partial charge in [-0.1, -0.05) is 42.3 Å². The van der Waals surface area contributed by atoms with Crippen LogP contribution in [-0.2, 0) is 11.2 Å². The maximum atomic E-state index is 11.7. The molecule has 1 amide bonds. The van der Waals surface area contributed by atoms with Crippen molar-refractivity contribution in [1.82, 2.24) is 4.98 Å². The number of anilines is 1. The zero-order chi connectivity index (χ0) is 15.4. The van der Waals surface area contributed by atoms with Crippen molar-refractivity contribution < 1.29 is 4.79 Å². The molecule has 1 atom stereocenters. The van der Waals surface area contributed by atoms with E-state index in [1.165, 1.54) is 11.3 Å². The Hall–Kier alpha value is -0.850. The van der Waals surface area contributed by atoms with E-state index in [1.54, 1.807) is 19.2 Å². The molecule has 0 aliphatic carbocycles. The van der Waals surface area contributed by atoms with Gasteiger partial charge < -0.3 is 11.1 Å². The monoisotopic (exact) mass is 379 g/mol. The molecule has 0 bridgehead atoms. The minimum atomic E-state index is -0.236. The molecule has 2 aromatic rings. The van der Waals surface area contributed by atoms with E-state index in [4.69, 9.17) is 28.9 Å². The number of nitrogens with one attached hydrogen (secondary N) is 1. The van der Waals surface area contributed by atoms with E-state index in [1.807, 2.05) is 12.1 Å². The van der Waals surface area contributed by atoms with Gasteiger partial charge in [-0.25, -0.2) is 4.98 Å². The van der Waals surface area contributed by atoms with Crippen molar-refractivity contribution in [1.29, 1.82) is 0 Å². The largest absolute Gasteiger partial charge is 0.330 e. The fourth-order valence-electron chi connectivity index (χ4n) is 1.66. The lowest BCUT2D eigenvalue weighted by Crippen LogP contribution is -2.26. The van der Waals surface area contributed by atoms with Gasteiger partial charge in [0.05, 0.1) is 10.0 Å². The third kappa shape index (κ3) is 4.83. The fraction of sp³-hybridized carbons (Fsp3) is 0.286. The average molecular weight is 381 g/mol. The van der Waals surface area contributed by atoms with Crippen LogP contribution in [0, 0.1) is 5.92 Å². The van der Waals surface area contributed by atoms with Gasteiger partial charge >= 0.3 is 0 Å². The Labute approximate surface area is 149 Å². The number of carbonyl (C=O) groups excluding carboxylic acids is 1. The van der Waals surface area contributed by atoms with Crippen LogP contribution in [0.5, 0.6) is 0 Å². The van der Waals surface area contributed by atoms with E-state index < -0.39 is 0 Å². The smallest absolute Gasteiger partial charge is 0.230 e. The number of hydrogen-bond acceptors (Lipinski definition) is 4. The predicted molar refractivity (Wildman–Crippen MR) is 95.5 cm³/mol. The number of thiazole rings is 1. The van der Waals surface area contributed by atoms with Crippen molar-refractivity contribution in [3.05, 3.63) is 44.9 Å². The Morgan fingerprint density at radius 1 is 1.45 bits per heavy atom. The second-order valence-corrected chi connectivity index (χ2v) is 6.55.